The van der Waals surface area contributed by atoms with E-state index in [1.165, 1.54) is 44.5 Å². The molecule has 1 aliphatic rings. The molecule has 2 nitrogen and oxygen atoms in total. The Labute approximate surface area is 241 Å². The number of benzene rings is 4. The van der Waals surface area contributed by atoms with Gasteiger partial charge in [-0.1, -0.05) is 123 Å². The topological polar surface area (TPSA) is 20.1 Å². The summed E-state index contributed by atoms with van der Waals surface area (Å²) in [6.45, 7) is 21.2. The standard InChI is InChI=1S/C38H43NO/c1-36(2,3)26-22-30(28-14-10-12-16-32(28)37(4,5)6)35(25-18-20-27(21-19-25)39-24-34(39)40)31(23-26)29-15-11-13-17-33(29)38(7,8)9/h10-23H,24H2,1-9H3. The first-order valence-electron chi connectivity index (χ1n) is 14.5. The summed E-state index contributed by atoms with van der Waals surface area (Å²) < 4.78 is 0. The molecule has 0 N–H and O–H groups in total. The Hall–Kier alpha value is -3.65. The summed E-state index contributed by atoms with van der Waals surface area (Å²) in [5.41, 5.74) is 12.4. The zero-order valence-corrected chi connectivity index (χ0v) is 25.6. The Balaban J connectivity index is 1.91. The lowest BCUT2D eigenvalue weighted by atomic mass is 9.74. The highest BCUT2D eigenvalue weighted by Gasteiger charge is 2.32. The van der Waals surface area contributed by atoms with Gasteiger partial charge in [0, 0.05) is 5.69 Å². The fourth-order valence-corrected chi connectivity index (χ4v) is 5.70. The summed E-state index contributed by atoms with van der Waals surface area (Å²) in [4.78, 5) is 13.7. The number of amides is 1. The molecule has 0 spiro atoms. The van der Waals surface area contributed by atoms with Crippen molar-refractivity contribution >= 4 is 11.6 Å². The normalized spacial score (nSPS) is 14.0. The number of carbonyl (C=O) groups is 1. The molecule has 5 rings (SSSR count). The lowest BCUT2D eigenvalue weighted by Crippen LogP contribution is -2.16. The molecule has 1 heterocycles. The second-order valence-electron chi connectivity index (χ2n) is 14.3. The molecule has 4 aromatic carbocycles. The van der Waals surface area contributed by atoms with Crippen LogP contribution in [0, 0.1) is 0 Å². The smallest absolute Gasteiger partial charge is 0.247 e. The highest BCUT2D eigenvalue weighted by Crippen LogP contribution is 2.47. The molecule has 40 heavy (non-hydrogen) atoms. The van der Waals surface area contributed by atoms with Gasteiger partial charge in [0.2, 0.25) is 5.91 Å². The van der Waals surface area contributed by atoms with Crippen LogP contribution in [-0.4, -0.2) is 12.5 Å². The van der Waals surface area contributed by atoms with Crippen LogP contribution in [0.1, 0.15) is 79.0 Å². The lowest BCUT2D eigenvalue weighted by molar-refractivity contribution is -0.109. The third-order valence-corrected chi connectivity index (χ3v) is 8.01. The summed E-state index contributed by atoms with van der Waals surface area (Å²) in [6.07, 6.45) is 0. The molecule has 1 amide bonds. The average Bonchev–Trinajstić information content (AvgIpc) is 3.63. The summed E-state index contributed by atoms with van der Waals surface area (Å²) in [5.74, 6) is 0.182. The minimum atomic E-state index is -0.0289. The van der Waals surface area contributed by atoms with Gasteiger partial charge < -0.3 is 4.90 Å². The summed E-state index contributed by atoms with van der Waals surface area (Å²) in [6, 6.07) is 31.2. The van der Waals surface area contributed by atoms with Crippen molar-refractivity contribution in [2.75, 3.05) is 11.4 Å². The minimum Gasteiger partial charge on any atom is -0.301 e. The number of anilines is 1. The number of hydrogen-bond acceptors (Lipinski definition) is 1. The number of nitrogens with zero attached hydrogens (tertiary/aromatic N) is 1. The van der Waals surface area contributed by atoms with Gasteiger partial charge in [-0.2, -0.15) is 0 Å². The van der Waals surface area contributed by atoms with E-state index in [2.05, 4.69) is 147 Å². The minimum absolute atomic E-state index is 0.0153. The molecule has 4 aromatic rings. The third kappa shape index (κ3) is 5.37. The van der Waals surface area contributed by atoms with Crippen molar-refractivity contribution in [3.05, 3.63) is 102 Å². The molecular formula is C38H43NO. The van der Waals surface area contributed by atoms with Crippen molar-refractivity contribution in [1.82, 2.24) is 0 Å². The van der Waals surface area contributed by atoms with Crippen LogP contribution in [0.4, 0.5) is 5.69 Å². The summed E-state index contributed by atoms with van der Waals surface area (Å²) in [7, 11) is 0. The zero-order valence-electron chi connectivity index (χ0n) is 25.6. The first-order valence-corrected chi connectivity index (χ1v) is 14.5. The van der Waals surface area contributed by atoms with Crippen LogP contribution in [0.3, 0.4) is 0 Å². The molecule has 0 aromatic heterocycles. The van der Waals surface area contributed by atoms with Crippen molar-refractivity contribution in [3.63, 3.8) is 0 Å². The maximum Gasteiger partial charge on any atom is 0.247 e. The molecule has 0 saturated carbocycles. The summed E-state index contributed by atoms with van der Waals surface area (Å²) in [5, 5.41) is 0. The highest BCUT2D eigenvalue weighted by atomic mass is 16.2. The Morgan fingerprint density at radius 3 is 1.35 bits per heavy atom. The predicted molar refractivity (Wildman–Crippen MR) is 171 cm³/mol. The third-order valence-electron chi connectivity index (χ3n) is 8.01. The van der Waals surface area contributed by atoms with Crippen LogP contribution in [-0.2, 0) is 21.0 Å². The molecule has 2 heteroatoms. The van der Waals surface area contributed by atoms with Crippen molar-refractivity contribution < 1.29 is 4.79 Å². The lowest BCUT2D eigenvalue weighted by Gasteiger charge is -2.30. The summed E-state index contributed by atoms with van der Waals surface area (Å²) >= 11 is 0. The average molecular weight is 530 g/mol. The zero-order chi connectivity index (χ0) is 29.0. The van der Waals surface area contributed by atoms with Gasteiger partial charge in [0.1, 0.15) is 6.54 Å². The van der Waals surface area contributed by atoms with Crippen LogP contribution >= 0.6 is 0 Å². The van der Waals surface area contributed by atoms with Gasteiger partial charge in [0.15, 0.2) is 0 Å². The Morgan fingerprint density at radius 1 is 0.550 bits per heavy atom. The van der Waals surface area contributed by atoms with Crippen LogP contribution in [0.15, 0.2) is 84.9 Å². The van der Waals surface area contributed by atoms with E-state index in [-0.39, 0.29) is 22.2 Å². The quantitative estimate of drug-likeness (QED) is 0.241. The van der Waals surface area contributed by atoms with Crippen LogP contribution < -0.4 is 4.90 Å². The van der Waals surface area contributed by atoms with E-state index >= 15 is 0 Å². The van der Waals surface area contributed by atoms with E-state index < -0.39 is 0 Å². The molecule has 0 radical (unpaired) electrons. The van der Waals surface area contributed by atoms with Gasteiger partial charge in [-0.3, -0.25) is 4.79 Å². The number of hydrogen-bond donors (Lipinski definition) is 0. The second-order valence-corrected chi connectivity index (χ2v) is 14.3. The number of rotatable bonds is 4. The van der Waals surface area contributed by atoms with Crippen LogP contribution in [0.5, 0.6) is 0 Å². The van der Waals surface area contributed by atoms with Gasteiger partial charge in [-0.25, -0.2) is 0 Å². The first kappa shape index (κ1) is 27.9. The molecule has 0 unspecified atom stereocenters. The van der Waals surface area contributed by atoms with Gasteiger partial charge in [-0.15, -0.1) is 0 Å². The van der Waals surface area contributed by atoms with Gasteiger partial charge >= 0.3 is 0 Å². The fourth-order valence-electron chi connectivity index (χ4n) is 5.70. The van der Waals surface area contributed by atoms with Crippen LogP contribution in [0.25, 0.3) is 33.4 Å². The van der Waals surface area contributed by atoms with Crippen LogP contribution in [0.2, 0.25) is 0 Å². The monoisotopic (exact) mass is 529 g/mol. The molecule has 1 fully saturated rings. The molecule has 206 valence electrons. The van der Waals surface area contributed by atoms with Crippen molar-refractivity contribution in [2.45, 2.75) is 78.6 Å². The molecule has 1 saturated heterocycles. The maximum absolute atomic E-state index is 11.8. The molecule has 0 aliphatic carbocycles. The highest BCUT2D eigenvalue weighted by molar-refractivity contribution is 6.12. The molecule has 0 atom stereocenters. The van der Waals surface area contributed by atoms with Gasteiger partial charge in [0.25, 0.3) is 0 Å². The van der Waals surface area contributed by atoms with E-state index in [0.717, 1.165) is 11.3 Å². The van der Waals surface area contributed by atoms with E-state index in [1.54, 1.807) is 0 Å². The van der Waals surface area contributed by atoms with E-state index in [9.17, 15) is 4.79 Å². The Morgan fingerprint density at radius 2 is 0.975 bits per heavy atom. The van der Waals surface area contributed by atoms with Crippen molar-refractivity contribution in [1.29, 1.82) is 0 Å². The first-order chi connectivity index (χ1) is 18.7. The van der Waals surface area contributed by atoms with Gasteiger partial charge in [-0.05, 0) is 90.6 Å². The van der Waals surface area contributed by atoms with E-state index in [0.29, 0.717) is 6.54 Å². The fraction of sp³-hybridized carbons (Fsp3) is 0.342. The molecule has 0 bridgehead atoms. The second kappa shape index (κ2) is 9.77. The van der Waals surface area contributed by atoms with E-state index in [4.69, 9.17) is 0 Å². The Bertz CT molecular complexity index is 1490. The number of carbonyl (C=O) groups excluding carboxylic acids is 1. The largest absolute Gasteiger partial charge is 0.301 e. The molecule has 1 aliphatic heterocycles. The SMILES string of the molecule is CC(C)(C)c1cc(-c2ccccc2C(C)(C)C)c(-c2ccc(N3CC3=O)cc2)c(-c2ccccc2C(C)(C)C)c1. The Kier molecular flexibility index (Phi) is 6.81. The predicted octanol–water partition coefficient (Wildman–Crippen LogP) is 9.93. The molecular weight excluding hydrogens is 486 g/mol. The van der Waals surface area contributed by atoms with Crippen molar-refractivity contribution in [3.8, 4) is 33.4 Å². The van der Waals surface area contributed by atoms with Crippen molar-refractivity contribution in [2.24, 2.45) is 0 Å². The maximum atomic E-state index is 11.8. The van der Waals surface area contributed by atoms with Gasteiger partial charge in [0.05, 0.1) is 0 Å². The van der Waals surface area contributed by atoms with E-state index in [1.807, 2.05) is 4.90 Å².